The van der Waals surface area contributed by atoms with Crippen LogP contribution in [0.2, 0.25) is 0 Å². The molecule has 0 unspecified atom stereocenters. The first-order chi connectivity index (χ1) is 10.7. The van der Waals surface area contributed by atoms with Crippen molar-refractivity contribution in [3.63, 3.8) is 0 Å². The van der Waals surface area contributed by atoms with Gasteiger partial charge in [-0.1, -0.05) is 52.3 Å². The molecule has 0 N–H and O–H groups in total. The number of hydrogen-bond acceptors (Lipinski definition) is 2. The Bertz CT molecular complexity index is 704. The molecule has 3 rings (SSSR count). The van der Waals surface area contributed by atoms with Crippen LogP contribution in [0.15, 0.2) is 51.9 Å². The summed E-state index contributed by atoms with van der Waals surface area (Å²) in [5, 5.41) is 0. The number of fused-ring (bicyclic) bond motifs is 2. The van der Waals surface area contributed by atoms with Gasteiger partial charge in [-0.2, -0.15) is 0 Å². The van der Waals surface area contributed by atoms with Crippen molar-refractivity contribution < 1.29 is 0 Å². The maximum Gasteiger partial charge on any atom is 0.0725 e. The zero-order valence-corrected chi connectivity index (χ0v) is 14.7. The molecule has 3 heteroatoms. The Morgan fingerprint density at radius 3 is 2.59 bits per heavy atom. The summed E-state index contributed by atoms with van der Waals surface area (Å²) in [6, 6.07) is 15.1. The Balaban J connectivity index is 2.11. The van der Waals surface area contributed by atoms with Gasteiger partial charge < -0.3 is 4.90 Å². The monoisotopic (exact) mass is 356 g/mol. The fraction of sp³-hybridized carbons (Fsp3) is 0.316. The zero-order chi connectivity index (χ0) is 15.5. The first kappa shape index (κ1) is 15.4. The van der Waals surface area contributed by atoms with Gasteiger partial charge in [-0.15, -0.1) is 0 Å². The molecule has 0 aliphatic heterocycles. The molecule has 1 aliphatic carbocycles. The van der Waals surface area contributed by atoms with Crippen LogP contribution in [0.5, 0.6) is 0 Å². The van der Waals surface area contributed by atoms with Crippen LogP contribution in [0, 0.1) is 0 Å². The molecule has 2 nitrogen and oxygen atoms in total. The summed E-state index contributed by atoms with van der Waals surface area (Å²) in [4.78, 5) is 7.14. The van der Waals surface area contributed by atoms with Gasteiger partial charge in [0.15, 0.2) is 0 Å². The van der Waals surface area contributed by atoms with E-state index in [0.29, 0.717) is 0 Å². The van der Waals surface area contributed by atoms with E-state index < -0.39 is 0 Å². The lowest BCUT2D eigenvalue weighted by Gasteiger charge is -2.13. The van der Waals surface area contributed by atoms with Gasteiger partial charge in [-0.25, -0.2) is 0 Å². The van der Waals surface area contributed by atoms with Crippen LogP contribution >= 0.6 is 15.9 Å². The van der Waals surface area contributed by atoms with E-state index in [0.717, 1.165) is 31.6 Å². The summed E-state index contributed by atoms with van der Waals surface area (Å²) >= 11 is 3.72. The van der Waals surface area contributed by atoms with E-state index in [1.807, 2.05) is 0 Å². The number of nitrogens with zero attached hydrogens (tertiary/aromatic N) is 2. The topological polar surface area (TPSA) is 15.6 Å². The highest BCUT2D eigenvalue weighted by atomic mass is 79.9. The SMILES string of the molecule is CN(C)CC/N=C1/c2ccccc2CCc2c(Br)cccc21. The van der Waals surface area contributed by atoms with E-state index in [1.165, 1.54) is 26.7 Å². The largest absolute Gasteiger partial charge is 0.308 e. The van der Waals surface area contributed by atoms with Gasteiger partial charge in [0.05, 0.1) is 12.3 Å². The van der Waals surface area contributed by atoms with Gasteiger partial charge in [-0.05, 0) is 44.1 Å². The van der Waals surface area contributed by atoms with Crippen molar-refractivity contribution >= 4 is 21.6 Å². The third-order valence-corrected chi connectivity index (χ3v) is 4.85. The first-order valence-electron chi connectivity index (χ1n) is 7.72. The molecule has 0 atom stereocenters. The molecule has 0 heterocycles. The summed E-state index contributed by atoms with van der Waals surface area (Å²) in [7, 11) is 4.18. The highest BCUT2D eigenvalue weighted by molar-refractivity contribution is 9.10. The minimum atomic E-state index is 0.822. The predicted octanol–water partition coefficient (Wildman–Crippen LogP) is 3.95. The molecule has 2 aromatic rings. The molecule has 0 amide bonds. The fourth-order valence-electron chi connectivity index (χ4n) is 2.94. The molecule has 0 saturated carbocycles. The number of aliphatic imine (C=N–C) groups is 1. The van der Waals surface area contributed by atoms with Crippen LogP contribution in [-0.4, -0.2) is 37.8 Å². The molecule has 0 aromatic heterocycles. The smallest absolute Gasteiger partial charge is 0.0725 e. The van der Waals surface area contributed by atoms with Crippen LogP contribution < -0.4 is 0 Å². The Morgan fingerprint density at radius 1 is 1.00 bits per heavy atom. The van der Waals surface area contributed by atoms with E-state index in [4.69, 9.17) is 4.99 Å². The van der Waals surface area contributed by atoms with Gasteiger partial charge in [0.2, 0.25) is 0 Å². The lowest BCUT2D eigenvalue weighted by molar-refractivity contribution is 0.420. The number of aryl methyl sites for hydroxylation is 1. The molecule has 114 valence electrons. The third-order valence-electron chi connectivity index (χ3n) is 4.11. The van der Waals surface area contributed by atoms with E-state index in [2.05, 4.69) is 77.4 Å². The lowest BCUT2D eigenvalue weighted by atomic mass is 9.98. The third kappa shape index (κ3) is 3.16. The van der Waals surface area contributed by atoms with Gasteiger partial charge >= 0.3 is 0 Å². The Kier molecular flexibility index (Phi) is 4.74. The van der Waals surface area contributed by atoms with Crippen LogP contribution in [0.3, 0.4) is 0 Å². The number of likely N-dealkylation sites (N-methyl/N-ethyl adjacent to an activating group) is 1. The molecule has 2 aromatic carbocycles. The summed E-state index contributed by atoms with van der Waals surface area (Å²) in [5.41, 5.74) is 6.49. The average molecular weight is 357 g/mol. The van der Waals surface area contributed by atoms with Crippen molar-refractivity contribution in [1.82, 2.24) is 4.90 Å². The fourth-order valence-corrected chi connectivity index (χ4v) is 3.51. The van der Waals surface area contributed by atoms with Gasteiger partial charge in [0.1, 0.15) is 0 Å². The van der Waals surface area contributed by atoms with Crippen LogP contribution in [-0.2, 0) is 12.8 Å². The normalized spacial score (nSPS) is 15.5. The summed E-state index contributed by atoms with van der Waals surface area (Å²) in [6.45, 7) is 1.79. The minimum Gasteiger partial charge on any atom is -0.308 e. The second kappa shape index (κ2) is 6.76. The Labute approximate surface area is 141 Å². The molecule has 0 bridgehead atoms. The van der Waals surface area contributed by atoms with Crippen molar-refractivity contribution in [3.8, 4) is 0 Å². The van der Waals surface area contributed by atoms with E-state index in [9.17, 15) is 0 Å². The van der Waals surface area contributed by atoms with Crippen molar-refractivity contribution in [2.75, 3.05) is 27.2 Å². The van der Waals surface area contributed by atoms with E-state index >= 15 is 0 Å². The number of benzene rings is 2. The maximum absolute atomic E-state index is 4.96. The van der Waals surface area contributed by atoms with Crippen LogP contribution in [0.25, 0.3) is 0 Å². The van der Waals surface area contributed by atoms with Crippen LogP contribution in [0.1, 0.15) is 22.3 Å². The Hall–Kier alpha value is -1.45. The van der Waals surface area contributed by atoms with Crippen molar-refractivity contribution in [1.29, 1.82) is 0 Å². The van der Waals surface area contributed by atoms with Crippen LogP contribution in [0.4, 0.5) is 0 Å². The molecule has 0 fully saturated rings. The summed E-state index contributed by atoms with van der Waals surface area (Å²) in [5.74, 6) is 0. The molecular formula is C19H21BrN2. The second-order valence-electron chi connectivity index (χ2n) is 5.96. The minimum absolute atomic E-state index is 0.822. The van der Waals surface area contributed by atoms with Crippen molar-refractivity contribution in [2.24, 2.45) is 4.99 Å². The van der Waals surface area contributed by atoms with Crippen molar-refractivity contribution in [3.05, 3.63) is 69.2 Å². The lowest BCUT2D eigenvalue weighted by Crippen LogP contribution is -2.17. The molecule has 0 radical (unpaired) electrons. The second-order valence-corrected chi connectivity index (χ2v) is 6.81. The van der Waals surface area contributed by atoms with E-state index in [-0.39, 0.29) is 0 Å². The van der Waals surface area contributed by atoms with E-state index in [1.54, 1.807) is 0 Å². The standard InChI is InChI=1S/C19H21BrN2/c1-22(2)13-12-21-19-15-7-4-3-6-14(15)10-11-16-17(19)8-5-9-18(16)20/h3-9H,10-13H2,1-2H3/b21-19-. The highest BCUT2D eigenvalue weighted by Crippen LogP contribution is 2.29. The average Bonchev–Trinajstić information content (AvgIpc) is 2.66. The predicted molar refractivity (Wildman–Crippen MR) is 97.1 cm³/mol. The van der Waals surface area contributed by atoms with Crippen molar-refractivity contribution in [2.45, 2.75) is 12.8 Å². The number of halogens is 1. The summed E-state index contributed by atoms with van der Waals surface area (Å²) < 4.78 is 1.19. The maximum atomic E-state index is 4.96. The molecule has 0 saturated heterocycles. The van der Waals surface area contributed by atoms with Gasteiger partial charge in [0.25, 0.3) is 0 Å². The Morgan fingerprint density at radius 2 is 1.77 bits per heavy atom. The summed E-state index contributed by atoms with van der Waals surface area (Å²) in [6.07, 6.45) is 2.12. The zero-order valence-electron chi connectivity index (χ0n) is 13.1. The molecule has 1 aliphatic rings. The first-order valence-corrected chi connectivity index (χ1v) is 8.51. The molecule has 0 spiro atoms. The number of hydrogen-bond donors (Lipinski definition) is 0. The quantitative estimate of drug-likeness (QED) is 0.812. The molecular weight excluding hydrogens is 336 g/mol. The van der Waals surface area contributed by atoms with Gasteiger partial charge in [-0.3, -0.25) is 4.99 Å². The van der Waals surface area contributed by atoms with Gasteiger partial charge in [0, 0.05) is 22.1 Å². The number of rotatable bonds is 3. The highest BCUT2D eigenvalue weighted by Gasteiger charge is 2.20. The molecule has 22 heavy (non-hydrogen) atoms.